The predicted molar refractivity (Wildman–Crippen MR) is 74.4 cm³/mol. The number of hydrogen-bond donors (Lipinski definition) is 2. The van der Waals surface area contributed by atoms with Crippen molar-refractivity contribution in [2.75, 3.05) is 0 Å². The highest BCUT2D eigenvalue weighted by molar-refractivity contribution is 6.30. The first-order chi connectivity index (χ1) is 9.75. The summed E-state index contributed by atoms with van der Waals surface area (Å²) in [5.41, 5.74) is -1.26. The second-order valence-corrected chi connectivity index (χ2v) is 5.31. The fourth-order valence-electron chi connectivity index (χ4n) is 1.80. The average Bonchev–Trinajstić information content (AvgIpc) is 2.83. The molecule has 1 heterocycles. The molecule has 0 aliphatic carbocycles. The lowest BCUT2D eigenvalue weighted by molar-refractivity contribution is -0.146. The molecule has 0 aliphatic heterocycles. The number of halogens is 1. The summed E-state index contributed by atoms with van der Waals surface area (Å²) in [4.78, 5) is 22.7. The van der Waals surface area contributed by atoms with Gasteiger partial charge >= 0.3 is 11.9 Å². The lowest BCUT2D eigenvalue weighted by Crippen LogP contribution is -2.37. The standard InChI is InChI=1S/C13H12ClN3O4/c1-13(2,12(20)21)17-10(9(11(18)19)15-16-17)7-4-3-5-8(14)6-7/h3-6H,1-2H3,(H,18,19)(H,20,21). The zero-order valence-electron chi connectivity index (χ0n) is 11.2. The van der Waals surface area contributed by atoms with E-state index >= 15 is 0 Å². The molecule has 0 unspecified atom stereocenters. The van der Waals surface area contributed by atoms with Gasteiger partial charge in [0.15, 0.2) is 11.2 Å². The molecule has 0 saturated heterocycles. The minimum Gasteiger partial charge on any atom is -0.479 e. The van der Waals surface area contributed by atoms with Crippen LogP contribution in [0.2, 0.25) is 5.02 Å². The van der Waals surface area contributed by atoms with E-state index in [0.29, 0.717) is 10.6 Å². The van der Waals surface area contributed by atoms with Crippen LogP contribution in [0.25, 0.3) is 11.3 Å². The van der Waals surface area contributed by atoms with Gasteiger partial charge in [-0.2, -0.15) is 0 Å². The minimum absolute atomic E-state index is 0.0948. The molecule has 0 spiro atoms. The number of nitrogens with zero attached hydrogens (tertiary/aromatic N) is 3. The molecule has 1 aromatic heterocycles. The van der Waals surface area contributed by atoms with E-state index in [1.165, 1.54) is 19.9 Å². The van der Waals surface area contributed by atoms with E-state index in [1.54, 1.807) is 18.2 Å². The number of aromatic carboxylic acids is 1. The molecule has 0 saturated carbocycles. The number of aromatic nitrogens is 3. The second kappa shape index (κ2) is 5.17. The maximum absolute atomic E-state index is 11.4. The number of benzene rings is 1. The fraction of sp³-hybridized carbons (Fsp3) is 0.231. The summed E-state index contributed by atoms with van der Waals surface area (Å²) in [5.74, 6) is -2.45. The van der Waals surface area contributed by atoms with Crippen LogP contribution >= 0.6 is 11.6 Å². The van der Waals surface area contributed by atoms with Gasteiger partial charge in [-0.3, -0.25) is 0 Å². The van der Waals surface area contributed by atoms with Crippen LogP contribution in [0.1, 0.15) is 24.3 Å². The Hall–Kier alpha value is -2.41. The van der Waals surface area contributed by atoms with Crippen LogP contribution in [0.15, 0.2) is 24.3 Å². The van der Waals surface area contributed by atoms with Crippen molar-refractivity contribution in [3.05, 3.63) is 35.0 Å². The maximum Gasteiger partial charge on any atom is 0.358 e. The van der Waals surface area contributed by atoms with E-state index in [0.717, 1.165) is 4.68 Å². The normalized spacial score (nSPS) is 11.4. The molecule has 1 aromatic carbocycles. The third-order valence-electron chi connectivity index (χ3n) is 3.02. The van der Waals surface area contributed by atoms with Gasteiger partial charge in [-0.25, -0.2) is 14.3 Å². The molecule has 0 radical (unpaired) electrons. The van der Waals surface area contributed by atoms with Crippen molar-refractivity contribution in [2.24, 2.45) is 0 Å². The first-order valence-electron chi connectivity index (χ1n) is 5.94. The van der Waals surface area contributed by atoms with Gasteiger partial charge in [0.05, 0.1) is 0 Å². The zero-order chi connectivity index (χ0) is 15.8. The van der Waals surface area contributed by atoms with E-state index in [2.05, 4.69) is 10.3 Å². The zero-order valence-corrected chi connectivity index (χ0v) is 12.0. The van der Waals surface area contributed by atoms with E-state index in [-0.39, 0.29) is 11.4 Å². The van der Waals surface area contributed by atoms with Crippen LogP contribution in [0.3, 0.4) is 0 Å². The van der Waals surface area contributed by atoms with Gasteiger partial charge in [-0.1, -0.05) is 28.9 Å². The molecule has 7 nitrogen and oxygen atoms in total. The first-order valence-corrected chi connectivity index (χ1v) is 6.31. The van der Waals surface area contributed by atoms with Gasteiger partial charge in [0.1, 0.15) is 5.69 Å². The van der Waals surface area contributed by atoms with Crippen molar-refractivity contribution >= 4 is 23.5 Å². The first kappa shape index (κ1) is 15.0. The summed E-state index contributed by atoms with van der Waals surface area (Å²) in [6, 6.07) is 6.41. The van der Waals surface area contributed by atoms with Gasteiger partial charge in [0, 0.05) is 10.6 Å². The SMILES string of the molecule is CC(C)(C(=O)O)n1nnc(C(=O)O)c1-c1cccc(Cl)c1. The number of rotatable bonds is 4. The van der Waals surface area contributed by atoms with Crippen LogP contribution in [-0.2, 0) is 10.3 Å². The maximum atomic E-state index is 11.4. The Morgan fingerprint density at radius 2 is 1.95 bits per heavy atom. The molecule has 0 atom stereocenters. The van der Waals surface area contributed by atoms with Crippen molar-refractivity contribution in [1.82, 2.24) is 15.0 Å². The third-order valence-corrected chi connectivity index (χ3v) is 3.26. The van der Waals surface area contributed by atoms with Crippen LogP contribution < -0.4 is 0 Å². The highest BCUT2D eigenvalue weighted by Gasteiger charge is 2.35. The summed E-state index contributed by atoms with van der Waals surface area (Å²) >= 11 is 5.91. The summed E-state index contributed by atoms with van der Waals surface area (Å²) in [6.07, 6.45) is 0. The topological polar surface area (TPSA) is 105 Å². The quantitative estimate of drug-likeness (QED) is 0.896. The monoisotopic (exact) mass is 309 g/mol. The lowest BCUT2D eigenvalue weighted by atomic mass is 10.0. The Morgan fingerprint density at radius 3 is 2.48 bits per heavy atom. The molecule has 8 heteroatoms. The highest BCUT2D eigenvalue weighted by Crippen LogP contribution is 2.29. The molecule has 2 rings (SSSR count). The Balaban J connectivity index is 2.76. The van der Waals surface area contributed by atoms with Gasteiger partial charge < -0.3 is 10.2 Å². The van der Waals surface area contributed by atoms with E-state index < -0.39 is 17.5 Å². The van der Waals surface area contributed by atoms with Crippen molar-refractivity contribution in [3.63, 3.8) is 0 Å². The molecule has 110 valence electrons. The van der Waals surface area contributed by atoms with Crippen molar-refractivity contribution in [3.8, 4) is 11.3 Å². The number of carboxylic acid groups (broad SMARTS) is 2. The third kappa shape index (κ3) is 2.59. The smallest absolute Gasteiger partial charge is 0.358 e. The summed E-state index contributed by atoms with van der Waals surface area (Å²) in [5, 5.41) is 26.2. The predicted octanol–water partition coefficient (Wildman–Crippen LogP) is 2.12. The van der Waals surface area contributed by atoms with Gasteiger partial charge in [0.2, 0.25) is 0 Å². The van der Waals surface area contributed by atoms with Crippen LogP contribution in [0, 0.1) is 0 Å². The highest BCUT2D eigenvalue weighted by atomic mass is 35.5. The molecule has 21 heavy (non-hydrogen) atoms. The van der Waals surface area contributed by atoms with Crippen LogP contribution in [-0.4, -0.2) is 37.1 Å². The molecule has 2 N–H and O–H groups in total. The minimum atomic E-state index is -1.46. The molecule has 0 amide bonds. The molecule has 0 bridgehead atoms. The average molecular weight is 310 g/mol. The lowest BCUT2D eigenvalue weighted by Gasteiger charge is -2.21. The number of hydrogen-bond acceptors (Lipinski definition) is 4. The Bertz CT molecular complexity index is 724. The molecule has 0 aliphatic rings. The van der Waals surface area contributed by atoms with Crippen LogP contribution in [0.4, 0.5) is 0 Å². The molecular weight excluding hydrogens is 298 g/mol. The molecule has 0 fully saturated rings. The Morgan fingerprint density at radius 1 is 1.29 bits per heavy atom. The Labute approximate surface area is 124 Å². The van der Waals surface area contributed by atoms with Crippen molar-refractivity contribution < 1.29 is 19.8 Å². The van der Waals surface area contributed by atoms with Gasteiger partial charge in [-0.05, 0) is 26.0 Å². The molecule has 2 aromatic rings. The van der Waals surface area contributed by atoms with E-state index in [4.69, 9.17) is 11.6 Å². The number of carboxylic acids is 2. The van der Waals surface area contributed by atoms with Crippen molar-refractivity contribution in [1.29, 1.82) is 0 Å². The van der Waals surface area contributed by atoms with Gasteiger partial charge in [-0.15, -0.1) is 5.10 Å². The van der Waals surface area contributed by atoms with Gasteiger partial charge in [0.25, 0.3) is 0 Å². The van der Waals surface area contributed by atoms with E-state index in [1.807, 2.05) is 0 Å². The number of carbonyl (C=O) groups is 2. The molecular formula is C13H12ClN3O4. The second-order valence-electron chi connectivity index (χ2n) is 4.88. The number of aliphatic carboxylic acids is 1. The van der Waals surface area contributed by atoms with E-state index in [9.17, 15) is 19.8 Å². The summed E-state index contributed by atoms with van der Waals surface area (Å²) < 4.78 is 1.07. The fourth-order valence-corrected chi connectivity index (χ4v) is 1.99. The Kier molecular flexibility index (Phi) is 3.69. The largest absolute Gasteiger partial charge is 0.479 e. The summed E-state index contributed by atoms with van der Waals surface area (Å²) in [7, 11) is 0. The van der Waals surface area contributed by atoms with Crippen LogP contribution in [0.5, 0.6) is 0 Å². The summed E-state index contributed by atoms with van der Waals surface area (Å²) in [6.45, 7) is 2.81. The van der Waals surface area contributed by atoms with Crippen molar-refractivity contribution in [2.45, 2.75) is 19.4 Å².